The molecular weight excluding hydrogens is 335 g/mol. The van der Waals surface area contributed by atoms with Gasteiger partial charge < -0.3 is 14.8 Å². The van der Waals surface area contributed by atoms with E-state index in [0.29, 0.717) is 12.6 Å². The Bertz CT molecular complexity index is 653. The average molecular weight is 359 g/mol. The van der Waals surface area contributed by atoms with Gasteiger partial charge in [0.25, 0.3) is 0 Å². The topological polar surface area (TPSA) is 50.2 Å². The van der Waals surface area contributed by atoms with Gasteiger partial charge in [-0.3, -0.25) is 4.79 Å². The fourth-order valence-corrected chi connectivity index (χ4v) is 3.04. The van der Waals surface area contributed by atoms with Gasteiger partial charge in [0.1, 0.15) is 12.4 Å². The summed E-state index contributed by atoms with van der Waals surface area (Å²) in [5.41, 5.74) is 1.98. The van der Waals surface area contributed by atoms with Gasteiger partial charge in [0.05, 0.1) is 11.0 Å². The Morgan fingerprint density at radius 1 is 1.30 bits per heavy atom. The summed E-state index contributed by atoms with van der Waals surface area (Å²) < 4.78 is 2.01. The molecule has 0 spiro atoms. The molecule has 1 fully saturated rings. The number of likely N-dealkylation sites (N-methyl/N-ethyl adjacent to an activating group) is 1. The molecule has 1 aromatic carbocycles. The summed E-state index contributed by atoms with van der Waals surface area (Å²) in [6, 6.07) is 8.32. The number of fused-ring (bicyclic) bond motifs is 1. The smallest absolute Gasteiger partial charge is 0.242 e. The molecule has 128 valence electrons. The van der Waals surface area contributed by atoms with Crippen LogP contribution in [0.1, 0.15) is 18.7 Å². The molecule has 2 heterocycles. The van der Waals surface area contributed by atoms with Gasteiger partial charge in [-0.05, 0) is 45.0 Å². The molecule has 0 aliphatic carbocycles. The molecule has 1 saturated heterocycles. The monoisotopic (exact) mass is 358 g/mol. The zero-order chi connectivity index (χ0) is 14.8. The van der Waals surface area contributed by atoms with Crippen molar-refractivity contribution >= 4 is 41.8 Å². The number of para-hydroxylation sites is 2. The minimum atomic E-state index is 0. The van der Waals surface area contributed by atoms with E-state index in [4.69, 9.17) is 0 Å². The largest absolute Gasteiger partial charge is 0.341 e. The predicted octanol–water partition coefficient (Wildman–Crippen LogP) is 2.40. The molecule has 3 rings (SSSR count). The SMILES string of the molecule is Cc1nc2ccccc2n1CC(=O)N(C)C1CCNCC1.Cl.Cl. The van der Waals surface area contributed by atoms with E-state index in [1.165, 1.54) is 0 Å². The maximum atomic E-state index is 12.6. The van der Waals surface area contributed by atoms with Crippen LogP contribution in [0.15, 0.2) is 24.3 Å². The first-order valence-corrected chi connectivity index (χ1v) is 7.55. The van der Waals surface area contributed by atoms with E-state index in [1.807, 2.05) is 47.7 Å². The number of imidazole rings is 1. The Hall–Kier alpha value is -1.30. The minimum absolute atomic E-state index is 0. The molecule has 0 atom stereocenters. The molecule has 2 aromatic rings. The fraction of sp³-hybridized carbons (Fsp3) is 0.500. The van der Waals surface area contributed by atoms with Crippen molar-refractivity contribution < 1.29 is 4.79 Å². The number of piperidine rings is 1. The van der Waals surface area contributed by atoms with E-state index in [9.17, 15) is 4.79 Å². The second-order valence-corrected chi connectivity index (χ2v) is 5.72. The standard InChI is InChI=1S/C16H22N4O.2ClH/c1-12-18-14-5-3-4-6-15(14)20(12)11-16(21)19(2)13-7-9-17-10-8-13;;/h3-6,13,17H,7-11H2,1-2H3;2*1H. The Kier molecular flexibility index (Phi) is 7.32. The molecule has 1 aliphatic rings. The molecule has 7 heteroatoms. The van der Waals surface area contributed by atoms with Crippen LogP contribution in [0.4, 0.5) is 0 Å². The van der Waals surface area contributed by atoms with Crippen molar-refractivity contribution in [1.29, 1.82) is 0 Å². The van der Waals surface area contributed by atoms with Crippen LogP contribution in [0, 0.1) is 6.92 Å². The van der Waals surface area contributed by atoms with Crippen LogP contribution in [-0.4, -0.2) is 46.5 Å². The number of benzene rings is 1. The van der Waals surface area contributed by atoms with Crippen molar-refractivity contribution in [2.24, 2.45) is 0 Å². The summed E-state index contributed by atoms with van der Waals surface area (Å²) in [7, 11) is 1.92. The Morgan fingerprint density at radius 3 is 2.65 bits per heavy atom. The van der Waals surface area contributed by atoms with Gasteiger partial charge in [-0.1, -0.05) is 12.1 Å². The highest BCUT2D eigenvalue weighted by molar-refractivity contribution is 5.85. The number of aromatic nitrogens is 2. The van der Waals surface area contributed by atoms with E-state index in [1.54, 1.807) is 0 Å². The lowest BCUT2D eigenvalue weighted by atomic mass is 10.1. The number of halogens is 2. The summed E-state index contributed by atoms with van der Waals surface area (Å²) in [6.45, 7) is 4.31. The third-order valence-electron chi connectivity index (χ3n) is 4.39. The van der Waals surface area contributed by atoms with Gasteiger partial charge >= 0.3 is 0 Å². The van der Waals surface area contributed by atoms with Crippen LogP contribution in [-0.2, 0) is 11.3 Å². The quantitative estimate of drug-likeness (QED) is 0.916. The molecule has 23 heavy (non-hydrogen) atoms. The van der Waals surface area contributed by atoms with Gasteiger partial charge in [0.2, 0.25) is 5.91 Å². The maximum absolute atomic E-state index is 12.6. The number of hydrogen-bond acceptors (Lipinski definition) is 3. The number of aryl methyl sites for hydroxylation is 1. The summed E-state index contributed by atoms with van der Waals surface area (Å²) in [5.74, 6) is 1.05. The molecule has 1 aliphatic heterocycles. The zero-order valence-electron chi connectivity index (χ0n) is 13.5. The van der Waals surface area contributed by atoms with E-state index in [-0.39, 0.29) is 30.7 Å². The molecule has 1 amide bonds. The third-order valence-corrected chi connectivity index (χ3v) is 4.39. The number of rotatable bonds is 3. The van der Waals surface area contributed by atoms with Crippen molar-refractivity contribution in [3.05, 3.63) is 30.1 Å². The van der Waals surface area contributed by atoms with Crippen molar-refractivity contribution in [2.75, 3.05) is 20.1 Å². The predicted molar refractivity (Wildman–Crippen MR) is 97.6 cm³/mol. The zero-order valence-corrected chi connectivity index (χ0v) is 15.1. The number of nitrogens with zero attached hydrogens (tertiary/aromatic N) is 3. The number of amides is 1. The molecule has 0 radical (unpaired) electrons. The van der Waals surface area contributed by atoms with Crippen molar-refractivity contribution in [2.45, 2.75) is 32.4 Å². The number of carbonyl (C=O) groups is 1. The lowest BCUT2D eigenvalue weighted by molar-refractivity contribution is -0.133. The normalized spacial score (nSPS) is 14.9. The lowest BCUT2D eigenvalue weighted by Gasteiger charge is -2.31. The Morgan fingerprint density at radius 2 is 1.96 bits per heavy atom. The van der Waals surface area contributed by atoms with Gasteiger partial charge in [0.15, 0.2) is 0 Å². The summed E-state index contributed by atoms with van der Waals surface area (Å²) in [4.78, 5) is 19.0. The highest BCUT2D eigenvalue weighted by atomic mass is 35.5. The van der Waals surface area contributed by atoms with Crippen LogP contribution >= 0.6 is 24.8 Å². The highest BCUT2D eigenvalue weighted by Crippen LogP contribution is 2.17. The van der Waals surface area contributed by atoms with E-state index >= 15 is 0 Å². The maximum Gasteiger partial charge on any atom is 0.242 e. The van der Waals surface area contributed by atoms with Gasteiger partial charge in [-0.15, -0.1) is 24.8 Å². The number of nitrogens with one attached hydrogen (secondary N) is 1. The molecule has 0 saturated carbocycles. The molecule has 1 N–H and O–H groups in total. The van der Waals surface area contributed by atoms with Crippen molar-refractivity contribution in [3.63, 3.8) is 0 Å². The molecule has 0 bridgehead atoms. The van der Waals surface area contributed by atoms with Crippen LogP contribution in [0.2, 0.25) is 0 Å². The number of hydrogen-bond donors (Lipinski definition) is 1. The molecular formula is C16H24Cl2N4O. The third kappa shape index (κ3) is 4.16. The van der Waals surface area contributed by atoms with E-state index < -0.39 is 0 Å². The molecule has 1 aromatic heterocycles. The fourth-order valence-electron chi connectivity index (χ4n) is 3.04. The van der Waals surface area contributed by atoms with Crippen LogP contribution in [0.5, 0.6) is 0 Å². The second kappa shape index (κ2) is 8.52. The minimum Gasteiger partial charge on any atom is -0.341 e. The number of carbonyl (C=O) groups excluding carboxylic acids is 1. The molecule has 0 unspecified atom stereocenters. The van der Waals surface area contributed by atoms with Gasteiger partial charge in [0, 0.05) is 13.1 Å². The van der Waals surface area contributed by atoms with Gasteiger partial charge in [-0.2, -0.15) is 0 Å². The molecule has 5 nitrogen and oxygen atoms in total. The first kappa shape index (κ1) is 19.7. The van der Waals surface area contributed by atoms with Crippen LogP contribution < -0.4 is 5.32 Å². The first-order chi connectivity index (χ1) is 10.2. The highest BCUT2D eigenvalue weighted by Gasteiger charge is 2.22. The van der Waals surface area contributed by atoms with Gasteiger partial charge in [-0.25, -0.2) is 4.98 Å². The van der Waals surface area contributed by atoms with Crippen molar-refractivity contribution in [1.82, 2.24) is 19.8 Å². The van der Waals surface area contributed by atoms with Crippen LogP contribution in [0.25, 0.3) is 11.0 Å². The van der Waals surface area contributed by atoms with E-state index in [2.05, 4.69) is 10.3 Å². The Balaban J connectivity index is 0.00000132. The average Bonchev–Trinajstić information content (AvgIpc) is 2.83. The summed E-state index contributed by atoms with van der Waals surface area (Å²) in [6.07, 6.45) is 2.07. The van der Waals surface area contributed by atoms with Crippen molar-refractivity contribution in [3.8, 4) is 0 Å². The van der Waals surface area contributed by atoms with Crippen LogP contribution in [0.3, 0.4) is 0 Å². The second-order valence-electron chi connectivity index (χ2n) is 5.72. The van der Waals surface area contributed by atoms with E-state index in [0.717, 1.165) is 42.8 Å². The lowest BCUT2D eigenvalue weighted by Crippen LogP contribution is -2.45. The summed E-state index contributed by atoms with van der Waals surface area (Å²) in [5, 5.41) is 3.33. The Labute approximate surface area is 149 Å². The summed E-state index contributed by atoms with van der Waals surface area (Å²) >= 11 is 0. The first-order valence-electron chi connectivity index (χ1n) is 7.55.